The topological polar surface area (TPSA) is 74.7 Å². The van der Waals surface area contributed by atoms with Crippen molar-refractivity contribution < 1.29 is 18.3 Å². The van der Waals surface area contributed by atoms with E-state index in [2.05, 4.69) is 29.6 Å². The standard InChI is InChI=1S/C23H19NO4S3/c1-2-18(23(25)26)24-12-21-22(31(24,27)28)11-20(30-21)15-9-7-14(8-10-15)17-13-29-19-6-4-3-5-16(17)19/h3-11,13,18H,2,12H2,1H3,(H,25,26). The Balaban J connectivity index is 1.46. The molecule has 5 rings (SSSR count). The highest BCUT2D eigenvalue weighted by Crippen LogP contribution is 2.42. The van der Waals surface area contributed by atoms with Crippen LogP contribution in [0.2, 0.25) is 0 Å². The van der Waals surface area contributed by atoms with Crippen LogP contribution in [-0.2, 0) is 21.4 Å². The lowest BCUT2D eigenvalue weighted by molar-refractivity contribution is -0.141. The summed E-state index contributed by atoms with van der Waals surface area (Å²) < 4.78 is 28.2. The average Bonchev–Trinajstić information content (AvgIpc) is 3.43. The minimum absolute atomic E-state index is 0.117. The lowest BCUT2D eigenvalue weighted by Gasteiger charge is -2.21. The van der Waals surface area contributed by atoms with Crippen molar-refractivity contribution >= 4 is 48.8 Å². The van der Waals surface area contributed by atoms with Gasteiger partial charge in [0.15, 0.2) is 0 Å². The molecule has 4 aromatic rings. The third kappa shape index (κ3) is 3.30. The first-order valence-corrected chi connectivity index (χ1v) is 13.0. The van der Waals surface area contributed by atoms with Gasteiger partial charge >= 0.3 is 5.97 Å². The lowest BCUT2D eigenvalue weighted by atomic mass is 10.0. The number of carboxylic acids is 1. The Morgan fingerprint density at radius 1 is 1.13 bits per heavy atom. The first-order valence-electron chi connectivity index (χ1n) is 9.84. The van der Waals surface area contributed by atoms with Gasteiger partial charge in [0.25, 0.3) is 0 Å². The lowest BCUT2D eigenvalue weighted by Crippen LogP contribution is -2.40. The Labute approximate surface area is 188 Å². The fourth-order valence-corrected chi connectivity index (χ4v) is 8.40. The van der Waals surface area contributed by atoms with Crippen molar-refractivity contribution in [2.45, 2.75) is 30.8 Å². The highest BCUT2D eigenvalue weighted by molar-refractivity contribution is 7.89. The second-order valence-electron chi connectivity index (χ2n) is 7.43. The summed E-state index contributed by atoms with van der Waals surface area (Å²) in [6, 6.07) is 17.1. The van der Waals surface area contributed by atoms with Gasteiger partial charge in [-0.1, -0.05) is 49.4 Å². The van der Waals surface area contributed by atoms with E-state index in [-0.39, 0.29) is 17.9 Å². The molecule has 0 saturated heterocycles. The van der Waals surface area contributed by atoms with Crippen molar-refractivity contribution in [3.63, 3.8) is 0 Å². The van der Waals surface area contributed by atoms with Crippen molar-refractivity contribution in [1.29, 1.82) is 0 Å². The molecule has 8 heteroatoms. The number of rotatable bonds is 5. The minimum Gasteiger partial charge on any atom is -0.480 e. The summed E-state index contributed by atoms with van der Waals surface area (Å²) in [4.78, 5) is 13.3. The molecule has 0 fully saturated rings. The molecule has 3 heterocycles. The molecule has 0 aliphatic carbocycles. The van der Waals surface area contributed by atoms with E-state index in [9.17, 15) is 18.3 Å². The van der Waals surface area contributed by atoms with Crippen LogP contribution in [0.3, 0.4) is 0 Å². The molecule has 1 atom stereocenters. The Morgan fingerprint density at radius 2 is 1.84 bits per heavy atom. The molecule has 2 aromatic carbocycles. The van der Waals surface area contributed by atoms with Gasteiger partial charge in [-0.3, -0.25) is 4.79 Å². The second kappa shape index (κ2) is 7.56. The number of benzene rings is 2. The number of fused-ring (bicyclic) bond motifs is 2. The zero-order valence-corrected chi connectivity index (χ0v) is 19.1. The molecular weight excluding hydrogens is 450 g/mol. The molecule has 1 aliphatic heterocycles. The van der Waals surface area contributed by atoms with Crippen molar-refractivity contribution in [3.05, 3.63) is 64.9 Å². The van der Waals surface area contributed by atoms with Crippen LogP contribution in [0.15, 0.2) is 64.9 Å². The Kier molecular flexibility index (Phi) is 4.97. The molecule has 0 amide bonds. The van der Waals surface area contributed by atoms with Gasteiger partial charge in [0.2, 0.25) is 10.0 Å². The van der Waals surface area contributed by atoms with E-state index in [0.29, 0.717) is 4.88 Å². The molecular formula is C23H19NO4S3. The number of sulfonamides is 1. The van der Waals surface area contributed by atoms with Crippen molar-refractivity contribution in [3.8, 4) is 21.6 Å². The van der Waals surface area contributed by atoms with Gasteiger partial charge in [-0.05, 0) is 35.1 Å². The van der Waals surface area contributed by atoms with Gasteiger partial charge in [0.1, 0.15) is 6.04 Å². The number of carboxylic acid groups (broad SMARTS) is 1. The first kappa shape index (κ1) is 20.4. The molecule has 1 unspecified atom stereocenters. The number of aliphatic carboxylic acids is 1. The number of carbonyl (C=O) groups is 1. The van der Waals surface area contributed by atoms with Crippen molar-refractivity contribution in [1.82, 2.24) is 4.31 Å². The maximum atomic E-state index is 12.9. The summed E-state index contributed by atoms with van der Waals surface area (Å²) in [5, 5.41) is 12.8. The molecule has 0 spiro atoms. The molecule has 1 N–H and O–H groups in total. The Hall–Kier alpha value is -2.52. The summed E-state index contributed by atoms with van der Waals surface area (Å²) >= 11 is 3.14. The normalized spacial score (nSPS) is 16.4. The summed E-state index contributed by atoms with van der Waals surface area (Å²) in [5.41, 5.74) is 3.27. The van der Waals surface area contributed by atoms with Gasteiger partial charge in [0.05, 0.1) is 11.4 Å². The highest BCUT2D eigenvalue weighted by Gasteiger charge is 2.43. The van der Waals surface area contributed by atoms with Crippen molar-refractivity contribution in [2.24, 2.45) is 0 Å². The van der Waals surface area contributed by atoms with Crippen LogP contribution in [0.25, 0.3) is 31.7 Å². The largest absolute Gasteiger partial charge is 0.480 e. The van der Waals surface area contributed by atoms with Crippen LogP contribution in [0, 0.1) is 0 Å². The molecule has 31 heavy (non-hydrogen) atoms. The zero-order valence-electron chi connectivity index (χ0n) is 16.6. The zero-order chi connectivity index (χ0) is 21.8. The number of thiophene rings is 2. The van der Waals surface area contributed by atoms with E-state index >= 15 is 0 Å². The molecule has 5 nitrogen and oxygen atoms in total. The van der Waals surface area contributed by atoms with E-state index < -0.39 is 22.0 Å². The molecule has 0 saturated carbocycles. The van der Waals surface area contributed by atoms with Gasteiger partial charge in [-0.15, -0.1) is 22.7 Å². The van der Waals surface area contributed by atoms with E-state index in [4.69, 9.17) is 0 Å². The summed E-state index contributed by atoms with van der Waals surface area (Å²) in [5.74, 6) is -1.11. The number of nitrogens with zero attached hydrogens (tertiary/aromatic N) is 1. The van der Waals surface area contributed by atoms with Gasteiger partial charge < -0.3 is 5.11 Å². The van der Waals surface area contributed by atoms with Crippen LogP contribution in [-0.4, -0.2) is 29.8 Å². The van der Waals surface area contributed by atoms with Crippen LogP contribution in [0.5, 0.6) is 0 Å². The monoisotopic (exact) mass is 469 g/mol. The van der Waals surface area contributed by atoms with E-state index in [1.165, 1.54) is 27.0 Å². The molecule has 2 aromatic heterocycles. The fraction of sp³-hybridized carbons (Fsp3) is 0.174. The minimum atomic E-state index is -3.79. The van der Waals surface area contributed by atoms with Crippen LogP contribution < -0.4 is 0 Å². The van der Waals surface area contributed by atoms with Crippen molar-refractivity contribution in [2.75, 3.05) is 0 Å². The number of hydrogen-bond acceptors (Lipinski definition) is 5. The van der Waals surface area contributed by atoms with Crippen LogP contribution >= 0.6 is 22.7 Å². The predicted molar refractivity (Wildman–Crippen MR) is 125 cm³/mol. The molecule has 158 valence electrons. The van der Waals surface area contributed by atoms with E-state index in [1.54, 1.807) is 24.3 Å². The second-order valence-corrected chi connectivity index (χ2v) is 11.3. The van der Waals surface area contributed by atoms with Crippen LogP contribution in [0.1, 0.15) is 18.2 Å². The first-order chi connectivity index (χ1) is 14.9. The third-order valence-corrected chi connectivity index (χ3v) is 9.82. The smallest absolute Gasteiger partial charge is 0.322 e. The molecule has 0 bridgehead atoms. The third-order valence-electron chi connectivity index (χ3n) is 5.64. The number of hydrogen-bond donors (Lipinski definition) is 1. The molecule has 1 aliphatic rings. The van der Waals surface area contributed by atoms with Gasteiger partial charge in [-0.25, -0.2) is 8.42 Å². The SMILES string of the molecule is CCC(C(=O)O)N1Cc2sc(-c3ccc(-c4csc5ccccc45)cc3)cc2S1(=O)=O. The Morgan fingerprint density at radius 3 is 2.52 bits per heavy atom. The fourth-order valence-electron chi connectivity index (χ4n) is 4.03. The maximum Gasteiger partial charge on any atom is 0.322 e. The van der Waals surface area contributed by atoms with E-state index in [0.717, 1.165) is 20.3 Å². The summed E-state index contributed by atoms with van der Waals surface area (Å²) in [6.07, 6.45) is 0.231. The van der Waals surface area contributed by atoms with Gasteiger partial charge in [-0.2, -0.15) is 4.31 Å². The quantitative estimate of drug-likeness (QED) is 0.409. The predicted octanol–water partition coefficient (Wildman–Crippen LogP) is 5.66. The van der Waals surface area contributed by atoms with Crippen LogP contribution in [0.4, 0.5) is 0 Å². The summed E-state index contributed by atoms with van der Waals surface area (Å²) in [7, 11) is -3.79. The average molecular weight is 470 g/mol. The van der Waals surface area contributed by atoms with Gasteiger partial charge in [0, 0.05) is 25.4 Å². The maximum absolute atomic E-state index is 12.9. The highest BCUT2D eigenvalue weighted by atomic mass is 32.2. The Bertz CT molecular complexity index is 1400. The molecule has 0 radical (unpaired) electrons. The van der Waals surface area contributed by atoms with E-state index in [1.807, 2.05) is 24.3 Å². The summed E-state index contributed by atoms with van der Waals surface area (Å²) in [6.45, 7) is 1.80.